The lowest BCUT2D eigenvalue weighted by Gasteiger charge is -2.16. The minimum Gasteiger partial charge on any atom is -0.545 e. The van der Waals surface area contributed by atoms with E-state index in [1.165, 1.54) is 37.3 Å². The number of carboxylic acid groups (broad SMARTS) is 1. The lowest BCUT2D eigenvalue weighted by molar-refractivity contribution is -0.255. The van der Waals surface area contributed by atoms with E-state index >= 15 is 0 Å². The fourth-order valence-corrected chi connectivity index (χ4v) is 4.31. The van der Waals surface area contributed by atoms with Crippen LogP contribution in [-0.2, 0) is 4.79 Å². The molecule has 1 aliphatic rings. The Bertz CT molecular complexity index is 1020. The van der Waals surface area contributed by atoms with Crippen molar-refractivity contribution in [2.75, 3.05) is 19.1 Å². The van der Waals surface area contributed by atoms with Gasteiger partial charge in [0.2, 0.25) is 0 Å². The quantitative estimate of drug-likeness (QED) is 0.481. The Morgan fingerprint density at radius 2 is 1.89 bits per heavy atom. The average molecular weight is 479 g/mol. The molecule has 9 heteroatoms. The highest BCUT2D eigenvalue weighted by Crippen LogP contribution is 2.39. The molecule has 0 bridgehead atoms. The number of amides is 1. The predicted octanol–water partition coefficient (Wildman–Crippen LogP) is 3.24. The van der Waals surface area contributed by atoms with Gasteiger partial charge in [-0.2, -0.15) is 0 Å². The standard InChI is InChI=1S/C19H14BrNO5S2/c1-25-14-7-11(13(20)9-15(14)26-2)8-16-17(22)21(19(27)28-16)12-5-3-4-10(6-12)18(23)24/h3-9H,1-2H3,(H,23,24)/p-1/b16-8-. The second-order valence-corrected chi connectivity index (χ2v) is 8.11. The van der Waals surface area contributed by atoms with Gasteiger partial charge in [0.25, 0.3) is 5.91 Å². The highest BCUT2D eigenvalue weighted by atomic mass is 79.9. The molecule has 1 heterocycles. The number of benzene rings is 2. The number of aromatic carboxylic acids is 1. The molecule has 1 aliphatic heterocycles. The Hall–Kier alpha value is -2.36. The number of nitrogens with zero attached hydrogens (tertiary/aromatic N) is 1. The first kappa shape index (κ1) is 20.4. The molecule has 0 radical (unpaired) electrons. The number of carbonyl (C=O) groups is 2. The number of ether oxygens (including phenoxy) is 2. The number of carboxylic acids is 1. The topological polar surface area (TPSA) is 78.9 Å². The zero-order chi connectivity index (χ0) is 20.4. The number of hydrogen-bond donors (Lipinski definition) is 0. The summed E-state index contributed by atoms with van der Waals surface area (Å²) >= 11 is 9.92. The number of hydrogen-bond acceptors (Lipinski definition) is 7. The third kappa shape index (κ3) is 3.91. The molecule has 0 saturated carbocycles. The molecule has 0 aliphatic carbocycles. The van der Waals surface area contributed by atoms with Crippen molar-refractivity contribution >= 4 is 67.9 Å². The molecule has 0 spiro atoms. The van der Waals surface area contributed by atoms with Gasteiger partial charge in [-0.3, -0.25) is 9.69 Å². The van der Waals surface area contributed by atoms with Gasteiger partial charge in [0.15, 0.2) is 15.8 Å². The number of thiocarbonyl (C=S) groups is 1. The van der Waals surface area contributed by atoms with Gasteiger partial charge in [-0.15, -0.1) is 0 Å². The van der Waals surface area contributed by atoms with E-state index in [0.29, 0.717) is 32.0 Å². The average Bonchev–Trinajstić information content (AvgIpc) is 2.96. The highest BCUT2D eigenvalue weighted by molar-refractivity contribution is 9.10. The fourth-order valence-electron chi connectivity index (χ4n) is 2.58. The molecule has 1 fully saturated rings. The second-order valence-electron chi connectivity index (χ2n) is 5.58. The van der Waals surface area contributed by atoms with E-state index < -0.39 is 5.97 Å². The van der Waals surface area contributed by atoms with Crippen LogP contribution in [0.4, 0.5) is 5.69 Å². The molecule has 1 amide bonds. The zero-order valence-electron chi connectivity index (χ0n) is 14.7. The summed E-state index contributed by atoms with van der Waals surface area (Å²) < 4.78 is 11.6. The lowest BCUT2D eigenvalue weighted by Crippen LogP contribution is -2.28. The Balaban J connectivity index is 1.98. The van der Waals surface area contributed by atoms with Crippen molar-refractivity contribution in [3.63, 3.8) is 0 Å². The van der Waals surface area contributed by atoms with Gasteiger partial charge in [0.05, 0.1) is 30.8 Å². The molecule has 0 atom stereocenters. The van der Waals surface area contributed by atoms with E-state index in [9.17, 15) is 14.7 Å². The van der Waals surface area contributed by atoms with E-state index in [1.807, 2.05) is 0 Å². The largest absolute Gasteiger partial charge is 0.545 e. The lowest BCUT2D eigenvalue weighted by atomic mass is 10.1. The van der Waals surface area contributed by atoms with Crippen molar-refractivity contribution in [3.8, 4) is 11.5 Å². The molecule has 6 nitrogen and oxygen atoms in total. The van der Waals surface area contributed by atoms with Crippen LogP contribution in [0.25, 0.3) is 6.08 Å². The van der Waals surface area contributed by atoms with E-state index in [-0.39, 0.29) is 11.5 Å². The van der Waals surface area contributed by atoms with Crippen LogP contribution in [0.2, 0.25) is 0 Å². The van der Waals surface area contributed by atoms with Gasteiger partial charge in [0, 0.05) is 4.47 Å². The molecule has 2 aromatic rings. The SMILES string of the molecule is COc1cc(Br)c(/C=C2\SC(=S)N(c3cccc(C(=O)[O-])c3)C2=O)cc1OC. The van der Waals surface area contributed by atoms with Crippen molar-refractivity contribution < 1.29 is 24.2 Å². The molecule has 0 N–H and O–H groups in total. The number of methoxy groups -OCH3 is 2. The zero-order valence-corrected chi connectivity index (χ0v) is 17.9. The molecular weight excluding hydrogens is 466 g/mol. The van der Waals surface area contributed by atoms with Crippen molar-refractivity contribution in [3.05, 3.63) is 56.9 Å². The normalized spacial score (nSPS) is 15.2. The van der Waals surface area contributed by atoms with Crippen LogP contribution >= 0.6 is 39.9 Å². The molecule has 144 valence electrons. The molecule has 0 aromatic heterocycles. The van der Waals surface area contributed by atoms with E-state index in [4.69, 9.17) is 21.7 Å². The summed E-state index contributed by atoms with van der Waals surface area (Å²) in [5.41, 5.74) is 1.05. The van der Waals surface area contributed by atoms with Crippen molar-refractivity contribution in [2.45, 2.75) is 0 Å². The van der Waals surface area contributed by atoms with Crippen LogP contribution in [0, 0.1) is 0 Å². The first-order chi connectivity index (χ1) is 13.3. The maximum atomic E-state index is 12.9. The van der Waals surface area contributed by atoms with Crippen LogP contribution in [0.1, 0.15) is 15.9 Å². The monoisotopic (exact) mass is 478 g/mol. The van der Waals surface area contributed by atoms with E-state index in [1.54, 1.807) is 24.3 Å². The van der Waals surface area contributed by atoms with Crippen LogP contribution in [0.3, 0.4) is 0 Å². The van der Waals surface area contributed by atoms with Crippen LogP contribution in [-0.4, -0.2) is 30.4 Å². The van der Waals surface area contributed by atoms with Gasteiger partial charge < -0.3 is 19.4 Å². The number of anilines is 1. The molecule has 28 heavy (non-hydrogen) atoms. The van der Waals surface area contributed by atoms with Gasteiger partial charge >= 0.3 is 0 Å². The minimum atomic E-state index is -1.32. The second kappa shape index (κ2) is 8.34. The van der Waals surface area contributed by atoms with Crippen LogP contribution in [0.15, 0.2) is 45.8 Å². The maximum absolute atomic E-state index is 12.9. The Kier molecular flexibility index (Phi) is 6.07. The molecule has 1 saturated heterocycles. The first-order valence-corrected chi connectivity index (χ1v) is 9.88. The highest BCUT2D eigenvalue weighted by Gasteiger charge is 2.33. The summed E-state index contributed by atoms with van der Waals surface area (Å²) in [7, 11) is 3.06. The number of carbonyl (C=O) groups excluding carboxylic acids is 2. The first-order valence-electron chi connectivity index (χ1n) is 7.86. The van der Waals surface area contributed by atoms with Gasteiger partial charge in [0.1, 0.15) is 0 Å². The predicted molar refractivity (Wildman–Crippen MR) is 114 cm³/mol. The minimum absolute atomic E-state index is 0.0295. The number of thioether (sulfide) groups is 1. The van der Waals surface area contributed by atoms with E-state index in [2.05, 4.69) is 15.9 Å². The summed E-state index contributed by atoms with van der Waals surface area (Å²) in [4.78, 5) is 25.7. The van der Waals surface area contributed by atoms with Crippen molar-refractivity contribution in [1.29, 1.82) is 0 Å². The van der Waals surface area contributed by atoms with Gasteiger partial charge in [-0.25, -0.2) is 0 Å². The third-order valence-electron chi connectivity index (χ3n) is 3.92. The van der Waals surface area contributed by atoms with E-state index in [0.717, 1.165) is 16.2 Å². The Morgan fingerprint density at radius 3 is 2.54 bits per heavy atom. The molecule has 2 aromatic carbocycles. The summed E-state index contributed by atoms with van der Waals surface area (Å²) in [5.74, 6) is -0.587. The molecule has 0 unspecified atom stereocenters. The van der Waals surface area contributed by atoms with Gasteiger partial charge in [-0.1, -0.05) is 52.0 Å². The van der Waals surface area contributed by atoms with Crippen molar-refractivity contribution in [1.82, 2.24) is 0 Å². The summed E-state index contributed by atoms with van der Waals surface area (Å²) in [6, 6.07) is 9.39. The Morgan fingerprint density at radius 1 is 1.21 bits per heavy atom. The van der Waals surface area contributed by atoms with Crippen molar-refractivity contribution in [2.24, 2.45) is 0 Å². The third-order valence-corrected chi connectivity index (χ3v) is 5.91. The fraction of sp³-hybridized carbons (Fsp3) is 0.105. The van der Waals surface area contributed by atoms with Crippen LogP contribution < -0.4 is 19.5 Å². The summed E-state index contributed by atoms with van der Waals surface area (Å²) in [6.45, 7) is 0. The van der Waals surface area contributed by atoms with Crippen LogP contribution in [0.5, 0.6) is 11.5 Å². The molecule has 3 rings (SSSR count). The van der Waals surface area contributed by atoms with Gasteiger partial charge in [-0.05, 0) is 41.5 Å². The Labute approximate surface area is 179 Å². The summed E-state index contributed by atoms with van der Waals surface area (Å²) in [6.07, 6.45) is 1.69. The maximum Gasteiger partial charge on any atom is 0.270 e. The number of rotatable bonds is 5. The summed E-state index contributed by atoms with van der Waals surface area (Å²) in [5, 5.41) is 11.1. The smallest absolute Gasteiger partial charge is 0.270 e. The molecular formula is C19H13BrNO5S2-. The number of halogens is 1.